The summed E-state index contributed by atoms with van der Waals surface area (Å²) in [5.41, 5.74) is -0.363. The van der Waals surface area contributed by atoms with E-state index in [9.17, 15) is 22.4 Å². The van der Waals surface area contributed by atoms with E-state index >= 15 is 0 Å². The van der Waals surface area contributed by atoms with Crippen molar-refractivity contribution >= 4 is 40.2 Å². The van der Waals surface area contributed by atoms with Gasteiger partial charge in [-0.3, -0.25) is 9.78 Å². The smallest absolute Gasteiger partial charge is 0.345 e. The SMILES string of the molecule is Cn1c(Nc2c(F)cccc2Cl)nc2cc(C(=O)NCc3ncccc3C(F)(F)F)ncc21. The summed E-state index contributed by atoms with van der Waals surface area (Å²) in [4.78, 5) is 24.6. The summed E-state index contributed by atoms with van der Waals surface area (Å²) >= 11 is 6.04. The number of benzene rings is 1. The number of anilines is 2. The van der Waals surface area contributed by atoms with Crippen LogP contribution in [0.2, 0.25) is 5.02 Å². The van der Waals surface area contributed by atoms with Gasteiger partial charge in [-0.15, -0.1) is 0 Å². The molecule has 33 heavy (non-hydrogen) atoms. The van der Waals surface area contributed by atoms with E-state index in [4.69, 9.17) is 11.6 Å². The number of fused-ring (bicyclic) bond motifs is 1. The summed E-state index contributed by atoms with van der Waals surface area (Å²) in [5.74, 6) is -1.02. The van der Waals surface area contributed by atoms with E-state index in [1.807, 2.05) is 0 Å². The molecule has 0 spiro atoms. The van der Waals surface area contributed by atoms with Gasteiger partial charge in [-0.1, -0.05) is 17.7 Å². The number of para-hydroxylation sites is 1. The van der Waals surface area contributed by atoms with Crippen molar-refractivity contribution in [2.75, 3.05) is 5.32 Å². The predicted molar refractivity (Wildman–Crippen MR) is 114 cm³/mol. The first-order chi connectivity index (χ1) is 15.6. The minimum Gasteiger partial charge on any atom is -0.345 e. The number of hydrogen-bond acceptors (Lipinski definition) is 5. The van der Waals surface area contributed by atoms with Gasteiger partial charge in [-0.25, -0.2) is 14.4 Å². The fourth-order valence-corrected chi connectivity index (χ4v) is 3.36. The van der Waals surface area contributed by atoms with Crippen LogP contribution in [0.15, 0.2) is 48.8 Å². The lowest BCUT2D eigenvalue weighted by molar-refractivity contribution is -0.138. The third-order valence-electron chi connectivity index (χ3n) is 4.81. The molecule has 170 valence electrons. The Morgan fingerprint density at radius 3 is 2.70 bits per heavy atom. The normalized spacial score (nSPS) is 11.6. The number of amides is 1. The molecule has 0 aliphatic carbocycles. The Bertz CT molecular complexity index is 1330. The van der Waals surface area contributed by atoms with E-state index in [1.54, 1.807) is 11.6 Å². The number of imidazole rings is 1. The number of alkyl halides is 3. The maximum absolute atomic E-state index is 14.1. The van der Waals surface area contributed by atoms with E-state index in [-0.39, 0.29) is 28.0 Å². The summed E-state index contributed by atoms with van der Waals surface area (Å²) in [7, 11) is 1.66. The number of carbonyl (C=O) groups is 1. The minimum absolute atomic E-state index is 0.0410. The third kappa shape index (κ3) is 4.58. The van der Waals surface area contributed by atoms with Crippen molar-refractivity contribution in [2.45, 2.75) is 12.7 Å². The highest BCUT2D eigenvalue weighted by Gasteiger charge is 2.33. The van der Waals surface area contributed by atoms with Crippen LogP contribution in [0, 0.1) is 5.82 Å². The quantitative estimate of drug-likeness (QED) is 0.401. The van der Waals surface area contributed by atoms with Crippen LogP contribution in [0.4, 0.5) is 29.2 Å². The predicted octanol–water partition coefficient (Wildman–Crippen LogP) is 4.85. The van der Waals surface area contributed by atoms with E-state index in [0.717, 1.165) is 6.07 Å². The summed E-state index contributed by atoms with van der Waals surface area (Å²) in [6.45, 7) is -0.435. The van der Waals surface area contributed by atoms with Crippen molar-refractivity contribution < 1.29 is 22.4 Å². The van der Waals surface area contributed by atoms with Gasteiger partial charge in [0.25, 0.3) is 5.91 Å². The molecule has 4 rings (SSSR count). The molecule has 1 amide bonds. The van der Waals surface area contributed by atoms with Gasteiger partial charge in [-0.2, -0.15) is 13.2 Å². The molecule has 4 aromatic rings. The van der Waals surface area contributed by atoms with Gasteiger partial charge in [0.1, 0.15) is 11.5 Å². The Morgan fingerprint density at radius 1 is 1.18 bits per heavy atom. The first-order valence-electron chi connectivity index (χ1n) is 9.48. The Morgan fingerprint density at radius 2 is 1.97 bits per heavy atom. The molecule has 12 heteroatoms. The van der Waals surface area contributed by atoms with Crippen molar-refractivity contribution in [3.8, 4) is 0 Å². The Labute approximate surface area is 189 Å². The Hall–Kier alpha value is -3.73. The zero-order valence-corrected chi connectivity index (χ0v) is 17.7. The van der Waals surface area contributed by atoms with Gasteiger partial charge >= 0.3 is 6.18 Å². The molecule has 0 fully saturated rings. The number of nitrogens with one attached hydrogen (secondary N) is 2. The lowest BCUT2D eigenvalue weighted by Crippen LogP contribution is -2.26. The maximum Gasteiger partial charge on any atom is 0.418 e. The van der Waals surface area contributed by atoms with E-state index < -0.39 is 30.0 Å². The average molecular weight is 479 g/mol. The molecule has 0 aliphatic heterocycles. The molecule has 0 unspecified atom stereocenters. The number of rotatable bonds is 5. The summed E-state index contributed by atoms with van der Waals surface area (Å²) in [6.07, 6.45) is -2.00. The van der Waals surface area contributed by atoms with Gasteiger partial charge in [0.2, 0.25) is 5.95 Å². The number of pyridine rings is 2. The lowest BCUT2D eigenvalue weighted by atomic mass is 10.2. The van der Waals surface area contributed by atoms with Crippen LogP contribution in [-0.4, -0.2) is 25.4 Å². The minimum atomic E-state index is -4.59. The second-order valence-electron chi connectivity index (χ2n) is 6.95. The highest BCUT2D eigenvalue weighted by atomic mass is 35.5. The molecule has 2 N–H and O–H groups in total. The van der Waals surface area contributed by atoms with Gasteiger partial charge < -0.3 is 15.2 Å². The molecular formula is C21H15ClF4N6O. The monoisotopic (exact) mass is 478 g/mol. The van der Waals surface area contributed by atoms with Crippen molar-refractivity contribution in [1.29, 1.82) is 0 Å². The maximum atomic E-state index is 14.1. The zero-order chi connectivity index (χ0) is 23.8. The highest BCUT2D eigenvalue weighted by Crippen LogP contribution is 2.31. The highest BCUT2D eigenvalue weighted by molar-refractivity contribution is 6.33. The standard InChI is InChI=1S/C21H15ClF4N6O/c1-32-17-10-28-15(19(33)29-9-16-11(21(24,25)26)4-3-7-27-16)8-14(17)30-20(32)31-18-12(22)5-2-6-13(18)23/h2-8,10H,9H2,1H3,(H,29,33)(H,30,31). The molecule has 0 saturated heterocycles. The molecule has 1 aromatic carbocycles. The van der Waals surface area contributed by atoms with Gasteiger partial charge in [0.15, 0.2) is 0 Å². The number of aromatic nitrogens is 4. The fraction of sp³-hybridized carbons (Fsp3) is 0.143. The number of aryl methyl sites for hydroxylation is 1. The molecule has 3 aromatic heterocycles. The van der Waals surface area contributed by atoms with E-state index in [1.165, 1.54) is 42.7 Å². The summed E-state index contributed by atoms with van der Waals surface area (Å²) in [5, 5.41) is 5.36. The van der Waals surface area contributed by atoms with E-state index in [2.05, 4.69) is 25.6 Å². The zero-order valence-electron chi connectivity index (χ0n) is 16.9. The summed E-state index contributed by atoms with van der Waals surface area (Å²) < 4.78 is 55.0. The van der Waals surface area contributed by atoms with E-state index in [0.29, 0.717) is 11.0 Å². The molecule has 0 saturated carbocycles. The summed E-state index contributed by atoms with van der Waals surface area (Å²) in [6, 6.07) is 7.67. The van der Waals surface area contributed by atoms with Crippen LogP contribution in [0.25, 0.3) is 11.0 Å². The Kier molecular flexibility index (Phi) is 5.90. The van der Waals surface area contributed by atoms with Crippen molar-refractivity contribution in [3.05, 3.63) is 76.6 Å². The molecular weight excluding hydrogens is 464 g/mol. The number of halogens is 5. The second kappa shape index (κ2) is 8.66. The van der Waals surface area contributed by atoms with Crippen LogP contribution < -0.4 is 10.6 Å². The van der Waals surface area contributed by atoms with Crippen molar-refractivity contribution in [3.63, 3.8) is 0 Å². The first-order valence-corrected chi connectivity index (χ1v) is 9.85. The molecule has 7 nitrogen and oxygen atoms in total. The number of hydrogen-bond donors (Lipinski definition) is 2. The molecule has 0 bridgehead atoms. The molecule has 0 atom stereocenters. The van der Waals surface area contributed by atoms with Crippen molar-refractivity contribution in [2.24, 2.45) is 7.05 Å². The first kappa shape index (κ1) is 22.5. The van der Waals surface area contributed by atoms with Crippen LogP contribution in [-0.2, 0) is 19.8 Å². The average Bonchev–Trinajstić information content (AvgIpc) is 3.09. The third-order valence-corrected chi connectivity index (χ3v) is 5.13. The topological polar surface area (TPSA) is 84.7 Å². The molecule has 3 heterocycles. The fourth-order valence-electron chi connectivity index (χ4n) is 3.15. The largest absolute Gasteiger partial charge is 0.418 e. The van der Waals surface area contributed by atoms with Crippen LogP contribution >= 0.6 is 11.6 Å². The Balaban J connectivity index is 1.56. The molecule has 0 radical (unpaired) electrons. The van der Waals surface area contributed by atoms with Gasteiger partial charge in [0, 0.05) is 13.2 Å². The number of carbonyl (C=O) groups excluding carboxylic acids is 1. The van der Waals surface area contributed by atoms with Gasteiger partial charge in [-0.05, 0) is 30.3 Å². The second-order valence-corrected chi connectivity index (χ2v) is 7.36. The lowest BCUT2D eigenvalue weighted by Gasteiger charge is -2.12. The van der Waals surface area contributed by atoms with Crippen LogP contribution in [0.3, 0.4) is 0 Å². The van der Waals surface area contributed by atoms with Crippen LogP contribution in [0.1, 0.15) is 21.7 Å². The number of nitrogens with zero attached hydrogens (tertiary/aromatic N) is 4. The van der Waals surface area contributed by atoms with Gasteiger partial charge in [0.05, 0.1) is 45.7 Å². The molecule has 0 aliphatic rings. The van der Waals surface area contributed by atoms with Crippen LogP contribution in [0.5, 0.6) is 0 Å². The van der Waals surface area contributed by atoms with Crippen molar-refractivity contribution in [1.82, 2.24) is 24.8 Å².